The Labute approximate surface area is 159 Å². The fourth-order valence-electron chi connectivity index (χ4n) is 3.25. The van der Waals surface area contributed by atoms with Gasteiger partial charge in [-0.05, 0) is 36.6 Å². The van der Waals surface area contributed by atoms with Gasteiger partial charge >= 0.3 is 6.18 Å². The lowest BCUT2D eigenvalue weighted by Gasteiger charge is -2.36. The smallest absolute Gasteiger partial charge is 0.379 e. The summed E-state index contributed by atoms with van der Waals surface area (Å²) >= 11 is 5.80. The van der Waals surface area contributed by atoms with Crippen LogP contribution in [0.5, 0.6) is 0 Å². The Bertz CT molecular complexity index is 820. The van der Waals surface area contributed by atoms with Gasteiger partial charge in [0.25, 0.3) is 5.91 Å². The minimum absolute atomic E-state index is 0.174. The van der Waals surface area contributed by atoms with Gasteiger partial charge in [-0.25, -0.2) is 4.68 Å². The molecule has 2 aromatic rings. The maximum absolute atomic E-state index is 13.8. The van der Waals surface area contributed by atoms with Crippen LogP contribution in [-0.2, 0) is 10.9 Å². The Balaban J connectivity index is 1.98. The molecule has 0 spiro atoms. The molecule has 1 fully saturated rings. The number of piperidine rings is 1. The predicted molar refractivity (Wildman–Crippen MR) is 94.1 cm³/mol. The molecule has 0 bridgehead atoms. The standard InChI is InChI=1S/C18H19ClF3N3O2/c1-11-7-8-24(10-15(11)27-2)17(26)14-9-23-25(16(14)18(20,21)22)13-5-3-12(19)4-6-13/h3-6,9,11,15H,7-8,10H2,1-2H3/t11-,15+/m0/s1. The number of aromatic nitrogens is 2. The first-order chi connectivity index (χ1) is 12.7. The number of methoxy groups -OCH3 is 1. The number of hydrogen-bond acceptors (Lipinski definition) is 3. The molecule has 0 aliphatic carbocycles. The maximum atomic E-state index is 13.8. The van der Waals surface area contributed by atoms with E-state index in [1.807, 2.05) is 6.92 Å². The van der Waals surface area contributed by atoms with Crippen molar-refractivity contribution in [2.75, 3.05) is 20.2 Å². The van der Waals surface area contributed by atoms with E-state index in [0.717, 1.165) is 10.9 Å². The van der Waals surface area contributed by atoms with Crippen LogP contribution in [0.2, 0.25) is 5.02 Å². The molecule has 1 amide bonds. The monoisotopic (exact) mass is 401 g/mol. The summed E-state index contributed by atoms with van der Waals surface area (Å²) in [7, 11) is 1.54. The summed E-state index contributed by atoms with van der Waals surface area (Å²) in [4.78, 5) is 14.2. The van der Waals surface area contributed by atoms with E-state index in [-0.39, 0.29) is 24.3 Å². The van der Waals surface area contributed by atoms with Gasteiger partial charge in [0.05, 0.1) is 23.6 Å². The summed E-state index contributed by atoms with van der Waals surface area (Å²) in [5, 5.41) is 4.22. The number of rotatable bonds is 3. The molecule has 0 saturated carbocycles. The molecule has 0 N–H and O–H groups in total. The Hall–Kier alpha value is -2.06. The lowest BCUT2D eigenvalue weighted by molar-refractivity contribution is -0.143. The minimum atomic E-state index is -4.75. The molecule has 0 radical (unpaired) electrons. The van der Waals surface area contributed by atoms with Crippen molar-refractivity contribution in [1.82, 2.24) is 14.7 Å². The number of benzene rings is 1. The van der Waals surface area contributed by atoms with Crippen LogP contribution >= 0.6 is 11.6 Å². The van der Waals surface area contributed by atoms with Crippen LogP contribution in [0.15, 0.2) is 30.5 Å². The number of halogens is 4. The lowest BCUT2D eigenvalue weighted by atomic mass is 9.95. The molecule has 1 aliphatic heterocycles. The molecule has 9 heteroatoms. The molecule has 5 nitrogen and oxygen atoms in total. The van der Waals surface area contributed by atoms with Crippen molar-refractivity contribution < 1.29 is 22.7 Å². The van der Waals surface area contributed by atoms with Crippen LogP contribution in [0.4, 0.5) is 13.2 Å². The van der Waals surface area contributed by atoms with Crippen molar-refractivity contribution in [3.63, 3.8) is 0 Å². The number of amides is 1. The number of carbonyl (C=O) groups is 1. The number of nitrogens with zero attached hydrogens (tertiary/aromatic N) is 3. The van der Waals surface area contributed by atoms with Crippen LogP contribution in [0.3, 0.4) is 0 Å². The van der Waals surface area contributed by atoms with E-state index in [1.165, 1.54) is 36.3 Å². The molecule has 146 valence electrons. The maximum Gasteiger partial charge on any atom is 0.434 e. The molecule has 27 heavy (non-hydrogen) atoms. The molecule has 1 aliphatic rings. The normalized spacial score (nSPS) is 20.7. The summed E-state index contributed by atoms with van der Waals surface area (Å²) in [6.07, 6.45) is -3.31. The molecule has 2 atom stereocenters. The number of hydrogen-bond donors (Lipinski definition) is 0. The SMILES string of the molecule is CO[C@@H]1CN(C(=O)c2cnn(-c3ccc(Cl)cc3)c2C(F)(F)F)CC[C@@H]1C. The second kappa shape index (κ2) is 7.52. The van der Waals surface area contributed by atoms with Crippen LogP contribution in [0, 0.1) is 5.92 Å². The van der Waals surface area contributed by atoms with Crippen molar-refractivity contribution >= 4 is 17.5 Å². The second-order valence-electron chi connectivity index (χ2n) is 6.58. The first-order valence-electron chi connectivity index (χ1n) is 8.45. The molecular formula is C18H19ClF3N3O2. The highest BCUT2D eigenvalue weighted by Crippen LogP contribution is 2.35. The van der Waals surface area contributed by atoms with Gasteiger partial charge in [0.2, 0.25) is 0 Å². The van der Waals surface area contributed by atoms with Crippen LogP contribution in [0.25, 0.3) is 5.69 Å². The third-order valence-electron chi connectivity index (χ3n) is 4.82. The van der Waals surface area contributed by atoms with Gasteiger partial charge < -0.3 is 9.64 Å². The largest absolute Gasteiger partial charge is 0.434 e. The molecule has 1 aromatic heterocycles. The second-order valence-corrected chi connectivity index (χ2v) is 7.02. The van der Waals surface area contributed by atoms with Gasteiger partial charge in [-0.1, -0.05) is 18.5 Å². The highest BCUT2D eigenvalue weighted by molar-refractivity contribution is 6.30. The summed E-state index contributed by atoms with van der Waals surface area (Å²) in [5.74, 6) is -0.464. The van der Waals surface area contributed by atoms with Gasteiger partial charge in [-0.3, -0.25) is 4.79 Å². The zero-order valence-electron chi connectivity index (χ0n) is 14.8. The Morgan fingerprint density at radius 2 is 1.96 bits per heavy atom. The van der Waals surface area contributed by atoms with Crippen molar-refractivity contribution in [3.8, 4) is 5.69 Å². The van der Waals surface area contributed by atoms with E-state index < -0.39 is 23.3 Å². The van der Waals surface area contributed by atoms with Crippen LogP contribution in [-0.4, -0.2) is 46.9 Å². The van der Waals surface area contributed by atoms with Crippen molar-refractivity contribution in [2.45, 2.75) is 25.6 Å². The predicted octanol–water partition coefficient (Wildman–Crippen LogP) is 4.04. The summed E-state index contributed by atoms with van der Waals surface area (Å²) in [6, 6.07) is 5.77. The quantitative estimate of drug-likeness (QED) is 0.779. The van der Waals surface area contributed by atoms with Crippen LogP contribution in [0.1, 0.15) is 29.4 Å². The lowest BCUT2D eigenvalue weighted by Crippen LogP contribution is -2.47. The van der Waals surface area contributed by atoms with E-state index in [9.17, 15) is 18.0 Å². The molecule has 3 rings (SSSR count). The van der Waals surface area contributed by atoms with E-state index in [1.54, 1.807) is 0 Å². The van der Waals surface area contributed by atoms with Gasteiger partial charge in [0.1, 0.15) is 0 Å². The van der Waals surface area contributed by atoms with E-state index in [4.69, 9.17) is 16.3 Å². The van der Waals surface area contributed by atoms with Crippen molar-refractivity contribution in [2.24, 2.45) is 5.92 Å². The number of ether oxygens (including phenoxy) is 1. The highest BCUT2D eigenvalue weighted by atomic mass is 35.5. The third-order valence-corrected chi connectivity index (χ3v) is 5.07. The topological polar surface area (TPSA) is 47.4 Å². The van der Waals surface area contributed by atoms with Crippen LogP contribution < -0.4 is 0 Å². The van der Waals surface area contributed by atoms with Crippen molar-refractivity contribution in [3.05, 3.63) is 46.7 Å². The Morgan fingerprint density at radius 1 is 1.30 bits per heavy atom. The molecule has 0 unspecified atom stereocenters. The van der Waals surface area contributed by atoms with Gasteiger partial charge in [-0.2, -0.15) is 18.3 Å². The van der Waals surface area contributed by atoms with Crippen molar-refractivity contribution in [1.29, 1.82) is 0 Å². The van der Waals surface area contributed by atoms with E-state index >= 15 is 0 Å². The summed E-state index contributed by atoms with van der Waals surface area (Å²) in [5.41, 5.74) is -1.39. The summed E-state index contributed by atoms with van der Waals surface area (Å²) < 4.78 is 47.4. The van der Waals surface area contributed by atoms with E-state index in [0.29, 0.717) is 18.0 Å². The first-order valence-corrected chi connectivity index (χ1v) is 8.83. The fourth-order valence-corrected chi connectivity index (χ4v) is 3.38. The molecule has 1 saturated heterocycles. The third kappa shape index (κ3) is 3.96. The number of likely N-dealkylation sites (tertiary alicyclic amines) is 1. The van der Waals surface area contributed by atoms with Gasteiger partial charge in [0, 0.05) is 25.2 Å². The zero-order valence-corrected chi connectivity index (χ0v) is 15.6. The zero-order chi connectivity index (χ0) is 19.8. The average molecular weight is 402 g/mol. The Kier molecular flexibility index (Phi) is 5.48. The Morgan fingerprint density at radius 3 is 2.56 bits per heavy atom. The highest BCUT2D eigenvalue weighted by Gasteiger charge is 2.42. The minimum Gasteiger partial charge on any atom is -0.379 e. The molecular weight excluding hydrogens is 383 g/mol. The molecule has 2 heterocycles. The molecule has 1 aromatic carbocycles. The van der Waals surface area contributed by atoms with Gasteiger partial charge in [-0.15, -0.1) is 0 Å². The summed E-state index contributed by atoms with van der Waals surface area (Å²) in [6.45, 7) is 2.62. The van der Waals surface area contributed by atoms with Gasteiger partial charge in [0.15, 0.2) is 5.69 Å². The fraction of sp³-hybridized carbons (Fsp3) is 0.444. The average Bonchev–Trinajstić information content (AvgIpc) is 3.07. The number of alkyl halides is 3. The van der Waals surface area contributed by atoms with E-state index in [2.05, 4.69) is 5.10 Å². The first kappa shape index (κ1) is 19.7. The number of carbonyl (C=O) groups excluding carboxylic acids is 1.